The minimum atomic E-state index is 0.742. The highest BCUT2D eigenvalue weighted by atomic mass is 79.9. The molecular weight excluding hydrogens is 290 g/mol. The molecule has 0 radical (unpaired) electrons. The molecule has 0 spiro atoms. The zero-order valence-electron chi connectivity index (χ0n) is 11.3. The normalized spacial score (nSPS) is 19.8. The molecule has 1 heterocycles. The highest BCUT2D eigenvalue weighted by molar-refractivity contribution is 9.10. The van der Waals surface area contributed by atoms with Crippen LogP contribution in [0.5, 0.6) is 5.75 Å². The van der Waals surface area contributed by atoms with Crippen LogP contribution in [0.2, 0.25) is 0 Å². The largest absolute Gasteiger partial charge is 0.495 e. The van der Waals surface area contributed by atoms with Crippen molar-refractivity contribution in [1.29, 1.82) is 0 Å². The zero-order chi connectivity index (χ0) is 13.0. The van der Waals surface area contributed by atoms with Crippen molar-refractivity contribution >= 4 is 15.9 Å². The molecule has 1 aromatic rings. The first-order valence-electron chi connectivity index (χ1n) is 6.80. The molecule has 3 heteroatoms. The van der Waals surface area contributed by atoms with Gasteiger partial charge in [0.2, 0.25) is 0 Å². The summed E-state index contributed by atoms with van der Waals surface area (Å²) >= 11 is 3.62. The van der Waals surface area contributed by atoms with Crippen LogP contribution in [0, 0.1) is 5.92 Å². The first kappa shape index (κ1) is 13.9. The van der Waals surface area contributed by atoms with E-state index < -0.39 is 0 Å². The van der Waals surface area contributed by atoms with Gasteiger partial charge in [-0.15, -0.1) is 0 Å². The maximum Gasteiger partial charge on any atom is 0.136 e. The molecule has 0 amide bonds. The van der Waals surface area contributed by atoms with Gasteiger partial charge in [0.25, 0.3) is 0 Å². The highest BCUT2D eigenvalue weighted by Crippen LogP contribution is 2.33. The van der Waals surface area contributed by atoms with Crippen molar-refractivity contribution in [3.63, 3.8) is 0 Å². The van der Waals surface area contributed by atoms with Gasteiger partial charge in [-0.05, 0) is 77.8 Å². The summed E-state index contributed by atoms with van der Waals surface area (Å²) in [6.45, 7) is 4.50. The van der Waals surface area contributed by atoms with E-state index in [2.05, 4.69) is 40.3 Å². The van der Waals surface area contributed by atoms with Crippen LogP contribution in [0.1, 0.15) is 30.9 Å². The second kappa shape index (κ2) is 6.58. The number of halogens is 1. The third-order valence-corrected chi connectivity index (χ3v) is 4.29. The van der Waals surface area contributed by atoms with Gasteiger partial charge < -0.3 is 10.1 Å². The van der Waals surface area contributed by atoms with E-state index in [4.69, 9.17) is 4.74 Å². The molecule has 1 aliphatic rings. The first-order chi connectivity index (χ1) is 8.74. The van der Waals surface area contributed by atoms with Crippen LogP contribution in [0.3, 0.4) is 0 Å². The Kier molecular flexibility index (Phi) is 5.07. The lowest BCUT2D eigenvalue weighted by atomic mass is 9.91. The Morgan fingerprint density at radius 3 is 2.89 bits per heavy atom. The molecule has 1 aromatic carbocycles. The Bertz CT molecular complexity index is 400. The van der Waals surface area contributed by atoms with E-state index in [0.29, 0.717) is 0 Å². The minimum Gasteiger partial charge on any atom is -0.495 e. The van der Waals surface area contributed by atoms with Gasteiger partial charge in [-0.25, -0.2) is 0 Å². The summed E-state index contributed by atoms with van der Waals surface area (Å²) in [6, 6.07) is 4.47. The van der Waals surface area contributed by atoms with Gasteiger partial charge >= 0.3 is 0 Å². The predicted octanol–water partition coefficient (Wildman–Crippen LogP) is 3.56. The van der Waals surface area contributed by atoms with E-state index in [1.807, 2.05) is 0 Å². The first-order valence-corrected chi connectivity index (χ1v) is 7.60. The average molecular weight is 312 g/mol. The van der Waals surface area contributed by atoms with Crippen molar-refractivity contribution in [2.45, 2.75) is 32.6 Å². The third kappa shape index (κ3) is 3.27. The average Bonchev–Trinajstić information content (AvgIpc) is 2.39. The molecule has 0 saturated carbocycles. The van der Waals surface area contributed by atoms with Crippen LogP contribution in [-0.4, -0.2) is 20.2 Å². The van der Waals surface area contributed by atoms with Gasteiger partial charge in [-0.3, -0.25) is 0 Å². The Hall–Kier alpha value is -0.540. The number of piperidine rings is 1. The fourth-order valence-electron chi connectivity index (χ4n) is 2.71. The lowest BCUT2D eigenvalue weighted by molar-refractivity contribution is 0.363. The molecule has 1 unspecified atom stereocenters. The molecule has 1 aliphatic heterocycles. The van der Waals surface area contributed by atoms with Crippen molar-refractivity contribution < 1.29 is 4.74 Å². The van der Waals surface area contributed by atoms with E-state index in [1.165, 1.54) is 30.5 Å². The van der Waals surface area contributed by atoms with E-state index in [0.717, 1.165) is 35.5 Å². The van der Waals surface area contributed by atoms with Crippen molar-refractivity contribution in [2.24, 2.45) is 5.92 Å². The summed E-state index contributed by atoms with van der Waals surface area (Å²) in [4.78, 5) is 0. The van der Waals surface area contributed by atoms with Gasteiger partial charge in [-0.1, -0.05) is 13.0 Å². The summed E-state index contributed by atoms with van der Waals surface area (Å²) in [5, 5.41) is 3.48. The quantitative estimate of drug-likeness (QED) is 0.918. The van der Waals surface area contributed by atoms with Crippen LogP contribution in [-0.2, 0) is 12.8 Å². The molecule has 0 aromatic heterocycles. The molecule has 1 saturated heterocycles. The third-order valence-electron chi connectivity index (χ3n) is 3.70. The van der Waals surface area contributed by atoms with E-state index >= 15 is 0 Å². The fourth-order valence-corrected chi connectivity index (χ4v) is 3.42. The van der Waals surface area contributed by atoms with Crippen LogP contribution < -0.4 is 10.1 Å². The number of aryl methyl sites for hydroxylation is 1. The monoisotopic (exact) mass is 311 g/mol. The zero-order valence-corrected chi connectivity index (χ0v) is 12.8. The van der Waals surface area contributed by atoms with Gasteiger partial charge in [0, 0.05) is 0 Å². The fraction of sp³-hybridized carbons (Fsp3) is 0.600. The second-order valence-corrected chi connectivity index (χ2v) is 5.89. The number of hydrogen-bond acceptors (Lipinski definition) is 2. The van der Waals surface area contributed by atoms with Crippen LogP contribution >= 0.6 is 15.9 Å². The number of hydrogen-bond donors (Lipinski definition) is 1. The predicted molar refractivity (Wildman–Crippen MR) is 79.4 cm³/mol. The number of rotatable bonds is 4. The lowest BCUT2D eigenvalue weighted by Crippen LogP contribution is -2.30. The molecule has 2 rings (SSSR count). The van der Waals surface area contributed by atoms with Crippen LogP contribution in [0.4, 0.5) is 0 Å². The summed E-state index contributed by atoms with van der Waals surface area (Å²) in [7, 11) is 1.76. The van der Waals surface area contributed by atoms with E-state index in [-0.39, 0.29) is 0 Å². The molecule has 18 heavy (non-hydrogen) atoms. The van der Waals surface area contributed by atoms with Crippen molar-refractivity contribution in [1.82, 2.24) is 5.32 Å². The van der Waals surface area contributed by atoms with Crippen molar-refractivity contribution in [3.8, 4) is 5.75 Å². The van der Waals surface area contributed by atoms with Gasteiger partial charge in [0.1, 0.15) is 5.75 Å². The topological polar surface area (TPSA) is 21.3 Å². The molecular formula is C15H22BrNO. The lowest BCUT2D eigenvalue weighted by Gasteiger charge is -2.24. The maximum absolute atomic E-state index is 5.55. The number of ether oxygens (including phenoxy) is 1. The molecule has 100 valence electrons. The maximum atomic E-state index is 5.55. The molecule has 0 bridgehead atoms. The molecule has 0 aliphatic carbocycles. The smallest absolute Gasteiger partial charge is 0.136 e. The Balaban J connectivity index is 2.20. The van der Waals surface area contributed by atoms with Crippen molar-refractivity contribution in [3.05, 3.63) is 27.7 Å². The molecule has 2 nitrogen and oxygen atoms in total. The molecule has 1 atom stereocenters. The summed E-state index contributed by atoms with van der Waals surface area (Å²) in [6.07, 6.45) is 4.80. The standard InChI is InChI=1S/C15H22BrNO/c1-3-11-7-13(15(18-2)14(16)9-11)8-12-5-4-6-17-10-12/h7,9,12,17H,3-6,8,10H2,1-2H3. The summed E-state index contributed by atoms with van der Waals surface area (Å²) in [5.74, 6) is 1.75. The van der Waals surface area contributed by atoms with Gasteiger partial charge in [0.05, 0.1) is 11.6 Å². The van der Waals surface area contributed by atoms with Gasteiger partial charge in [0.15, 0.2) is 0 Å². The number of methoxy groups -OCH3 is 1. The van der Waals surface area contributed by atoms with Crippen LogP contribution in [0.25, 0.3) is 0 Å². The van der Waals surface area contributed by atoms with Gasteiger partial charge in [-0.2, -0.15) is 0 Å². The number of benzene rings is 1. The number of nitrogens with one attached hydrogen (secondary N) is 1. The Labute approximate surface area is 118 Å². The highest BCUT2D eigenvalue weighted by Gasteiger charge is 2.17. The van der Waals surface area contributed by atoms with Crippen LogP contribution in [0.15, 0.2) is 16.6 Å². The Morgan fingerprint density at radius 2 is 2.28 bits per heavy atom. The van der Waals surface area contributed by atoms with Crippen molar-refractivity contribution in [2.75, 3.05) is 20.2 Å². The summed E-state index contributed by atoms with van der Waals surface area (Å²) in [5.41, 5.74) is 2.72. The SMILES string of the molecule is CCc1cc(Br)c(OC)c(CC2CCCNC2)c1. The van der Waals surface area contributed by atoms with E-state index in [1.54, 1.807) is 7.11 Å². The minimum absolute atomic E-state index is 0.742. The summed E-state index contributed by atoms with van der Waals surface area (Å²) < 4.78 is 6.64. The Morgan fingerprint density at radius 1 is 1.44 bits per heavy atom. The second-order valence-electron chi connectivity index (χ2n) is 5.04. The molecule has 1 fully saturated rings. The van der Waals surface area contributed by atoms with E-state index in [9.17, 15) is 0 Å². The molecule has 1 N–H and O–H groups in total.